The maximum Gasteiger partial charge on any atom is 0.119 e. The molecular weight excluding hydrogens is 252 g/mol. The average molecular weight is 278 g/mol. The van der Waals surface area contributed by atoms with Gasteiger partial charge in [-0.05, 0) is 43.6 Å². The Morgan fingerprint density at radius 3 is 2.95 bits per heavy atom. The first-order chi connectivity index (χ1) is 9.76. The van der Waals surface area contributed by atoms with Crippen LogP contribution in [0.15, 0.2) is 24.3 Å². The first kappa shape index (κ1) is 15.3. The summed E-state index contributed by atoms with van der Waals surface area (Å²) in [4.78, 5) is 2.52. The number of nitrogens with one attached hydrogen (secondary N) is 1. The molecule has 0 bridgehead atoms. The van der Waals surface area contributed by atoms with Crippen molar-refractivity contribution in [2.24, 2.45) is 5.92 Å². The van der Waals surface area contributed by atoms with Gasteiger partial charge in [0.1, 0.15) is 5.75 Å². The Morgan fingerprint density at radius 2 is 2.25 bits per heavy atom. The number of nitrogens with zero attached hydrogens (tertiary/aromatic N) is 1. The predicted molar refractivity (Wildman–Crippen MR) is 81.2 cm³/mol. The van der Waals surface area contributed by atoms with Crippen molar-refractivity contribution in [2.45, 2.75) is 12.5 Å². The minimum Gasteiger partial charge on any atom is -0.497 e. The van der Waals surface area contributed by atoms with Crippen molar-refractivity contribution < 1.29 is 9.47 Å². The Morgan fingerprint density at radius 1 is 1.40 bits per heavy atom. The van der Waals surface area contributed by atoms with Crippen molar-refractivity contribution in [3.05, 3.63) is 29.8 Å². The third-order valence-corrected chi connectivity index (χ3v) is 4.06. The van der Waals surface area contributed by atoms with E-state index in [1.54, 1.807) is 14.2 Å². The SMILES string of the molecule is CNC(CN1CCC(COC)C1)c1cccc(OC)c1. The van der Waals surface area contributed by atoms with Gasteiger partial charge in [-0.25, -0.2) is 0 Å². The molecule has 1 heterocycles. The molecule has 1 aliphatic rings. The molecule has 2 rings (SSSR count). The minimum atomic E-state index is 0.339. The summed E-state index contributed by atoms with van der Waals surface area (Å²) in [5.41, 5.74) is 1.28. The molecule has 1 aliphatic heterocycles. The largest absolute Gasteiger partial charge is 0.497 e. The summed E-state index contributed by atoms with van der Waals surface area (Å²) in [6.45, 7) is 4.20. The lowest BCUT2D eigenvalue weighted by Gasteiger charge is -2.24. The van der Waals surface area contributed by atoms with Gasteiger partial charge in [-0.3, -0.25) is 0 Å². The lowest BCUT2D eigenvalue weighted by molar-refractivity contribution is 0.152. The summed E-state index contributed by atoms with van der Waals surface area (Å²) in [6.07, 6.45) is 1.24. The van der Waals surface area contributed by atoms with Gasteiger partial charge < -0.3 is 19.7 Å². The molecule has 2 atom stereocenters. The van der Waals surface area contributed by atoms with Crippen molar-refractivity contribution in [2.75, 3.05) is 47.5 Å². The van der Waals surface area contributed by atoms with Crippen LogP contribution in [0.25, 0.3) is 0 Å². The molecular formula is C16H26N2O2. The smallest absolute Gasteiger partial charge is 0.119 e. The molecule has 0 aliphatic carbocycles. The molecule has 1 fully saturated rings. The summed E-state index contributed by atoms with van der Waals surface area (Å²) in [5, 5.41) is 3.41. The second-order valence-corrected chi connectivity index (χ2v) is 5.49. The zero-order valence-corrected chi connectivity index (χ0v) is 12.8. The summed E-state index contributed by atoms with van der Waals surface area (Å²) in [7, 11) is 5.52. The van der Waals surface area contributed by atoms with Crippen LogP contribution < -0.4 is 10.1 Å². The van der Waals surface area contributed by atoms with Crippen molar-refractivity contribution in [3.8, 4) is 5.75 Å². The second kappa shape index (κ2) is 7.62. The van der Waals surface area contributed by atoms with E-state index in [9.17, 15) is 0 Å². The Bertz CT molecular complexity index is 411. The van der Waals surface area contributed by atoms with Crippen LogP contribution in [0.2, 0.25) is 0 Å². The Balaban J connectivity index is 1.95. The van der Waals surface area contributed by atoms with Crippen molar-refractivity contribution in [1.29, 1.82) is 0 Å². The minimum absolute atomic E-state index is 0.339. The zero-order chi connectivity index (χ0) is 14.4. The van der Waals surface area contributed by atoms with Crippen LogP contribution in [0.3, 0.4) is 0 Å². The van der Waals surface area contributed by atoms with Gasteiger partial charge in [0.15, 0.2) is 0 Å². The van der Waals surface area contributed by atoms with E-state index in [4.69, 9.17) is 9.47 Å². The van der Waals surface area contributed by atoms with Gasteiger partial charge in [-0.2, -0.15) is 0 Å². The van der Waals surface area contributed by atoms with Crippen LogP contribution in [0, 0.1) is 5.92 Å². The van der Waals surface area contributed by atoms with Gasteiger partial charge in [0, 0.05) is 26.2 Å². The fourth-order valence-electron chi connectivity index (χ4n) is 2.93. The van der Waals surface area contributed by atoms with E-state index in [0.717, 1.165) is 32.0 Å². The molecule has 20 heavy (non-hydrogen) atoms. The van der Waals surface area contributed by atoms with Crippen LogP contribution >= 0.6 is 0 Å². The van der Waals surface area contributed by atoms with Crippen molar-refractivity contribution in [3.63, 3.8) is 0 Å². The van der Waals surface area contributed by atoms with Crippen molar-refractivity contribution >= 4 is 0 Å². The van der Waals surface area contributed by atoms with Gasteiger partial charge in [0.05, 0.1) is 13.7 Å². The fourth-order valence-corrected chi connectivity index (χ4v) is 2.93. The first-order valence-electron chi connectivity index (χ1n) is 7.29. The first-order valence-corrected chi connectivity index (χ1v) is 7.29. The maximum absolute atomic E-state index is 5.31. The van der Waals surface area contributed by atoms with Gasteiger partial charge in [0.2, 0.25) is 0 Å². The van der Waals surface area contributed by atoms with Crippen LogP contribution in [0.5, 0.6) is 5.75 Å². The molecule has 112 valence electrons. The molecule has 0 aromatic heterocycles. The van der Waals surface area contributed by atoms with E-state index < -0.39 is 0 Å². The van der Waals surface area contributed by atoms with E-state index in [1.807, 2.05) is 13.1 Å². The van der Waals surface area contributed by atoms with Crippen molar-refractivity contribution in [1.82, 2.24) is 10.2 Å². The van der Waals surface area contributed by atoms with E-state index in [-0.39, 0.29) is 0 Å². The zero-order valence-electron chi connectivity index (χ0n) is 12.8. The number of ether oxygens (including phenoxy) is 2. The Labute approximate surface area is 122 Å². The monoisotopic (exact) mass is 278 g/mol. The molecule has 0 saturated carbocycles. The lowest BCUT2D eigenvalue weighted by Crippen LogP contribution is -2.32. The molecule has 1 aromatic carbocycles. The van der Waals surface area contributed by atoms with E-state index in [1.165, 1.54) is 12.0 Å². The molecule has 0 spiro atoms. The van der Waals surface area contributed by atoms with E-state index >= 15 is 0 Å². The third-order valence-electron chi connectivity index (χ3n) is 4.06. The van der Waals surface area contributed by atoms with E-state index in [0.29, 0.717) is 12.0 Å². The molecule has 1 aromatic rings. The number of rotatable bonds is 7. The number of hydrogen-bond donors (Lipinski definition) is 1. The second-order valence-electron chi connectivity index (χ2n) is 5.49. The Hall–Kier alpha value is -1.10. The molecule has 0 amide bonds. The van der Waals surface area contributed by atoms with Crippen LogP contribution in [-0.2, 0) is 4.74 Å². The highest BCUT2D eigenvalue weighted by molar-refractivity contribution is 5.30. The number of methoxy groups -OCH3 is 2. The van der Waals surface area contributed by atoms with Gasteiger partial charge in [-0.1, -0.05) is 12.1 Å². The third kappa shape index (κ3) is 3.95. The molecule has 4 heteroatoms. The Kier molecular flexibility index (Phi) is 5.83. The fraction of sp³-hybridized carbons (Fsp3) is 0.625. The standard InChI is InChI=1S/C16H26N2O2/c1-17-16(14-5-4-6-15(9-14)20-3)11-18-8-7-13(10-18)12-19-2/h4-6,9,13,16-17H,7-8,10-12H2,1-3H3. The number of likely N-dealkylation sites (tertiary alicyclic amines) is 1. The summed E-state index contributed by atoms with van der Waals surface area (Å²) < 4.78 is 10.6. The lowest BCUT2D eigenvalue weighted by atomic mass is 10.1. The molecule has 1 N–H and O–H groups in total. The van der Waals surface area contributed by atoms with Crippen LogP contribution in [0.4, 0.5) is 0 Å². The van der Waals surface area contributed by atoms with E-state index in [2.05, 4.69) is 28.4 Å². The summed E-state index contributed by atoms with van der Waals surface area (Å²) in [5.74, 6) is 1.60. The molecule has 4 nitrogen and oxygen atoms in total. The highest BCUT2D eigenvalue weighted by Gasteiger charge is 2.24. The highest BCUT2D eigenvalue weighted by Crippen LogP contribution is 2.23. The molecule has 1 saturated heterocycles. The topological polar surface area (TPSA) is 33.7 Å². The normalized spacial score (nSPS) is 21.1. The van der Waals surface area contributed by atoms with Crippen LogP contribution in [0.1, 0.15) is 18.0 Å². The molecule has 2 unspecified atom stereocenters. The average Bonchev–Trinajstić information content (AvgIpc) is 2.92. The van der Waals surface area contributed by atoms with Gasteiger partial charge in [0.25, 0.3) is 0 Å². The quantitative estimate of drug-likeness (QED) is 0.826. The number of likely N-dealkylation sites (N-methyl/N-ethyl adjacent to an activating group) is 1. The number of benzene rings is 1. The van der Waals surface area contributed by atoms with Gasteiger partial charge in [-0.15, -0.1) is 0 Å². The summed E-state index contributed by atoms with van der Waals surface area (Å²) in [6, 6.07) is 8.65. The maximum atomic E-state index is 5.31. The number of hydrogen-bond acceptors (Lipinski definition) is 4. The van der Waals surface area contributed by atoms with Gasteiger partial charge >= 0.3 is 0 Å². The molecule has 0 radical (unpaired) electrons. The summed E-state index contributed by atoms with van der Waals surface area (Å²) >= 11 is 0. The highest BCUT2D eigenvalue weighted by atomic mass is 16.5. The van der Waals surface area contributed by atoms with Crippen LogP contribution in [-0.4, -0.2) is 52.4 Å². The predicted octanol–water partition coefficient (Wildman–Crippen LogP) is 1.92.